The molecule has 8 nitrogen and oxygen atoms in total. The second kappa shape index (κ2) is 9.18. The Morgan fingerprint density at radius 3 is 2.73 bits per heavy atom. The molecule has 3 rings (SSSR count). The molecule has 0 saturated heterocycles. The Labute approximate surface area is 177 Å². The van der Waals surface area contributed by atoms with Crippen molar-refractivity contribution in [3.05, 3.63) is 30.0 Å². The summed E-state index contributed by atoms with van der Waals surface area (Å²) < 4.78 is 32.7. The average molecular weight is 435 g/mol. The average Bonchev–Trinajstić information content (AvgIpc) is 3.21. The lowest BCUT2D eigenvalue weighted by Crippen LogP contribution is -2.43. The van der Waals surface area contributed by atoms with Gasteiger partial charge in [-0.25, -0.2) is 13.1 Å². The molecule has 0 radical (unpaired) electrons. The molecule has 1 fully saturated rings. The summed E-state index contributed by atoms with van der Waals surface area (Å²) in [6, 6.07) is 6.58. The molecule has 1 heterocycles. The van der Waals surface area contributed by atoms with Crippen LogP contribution in [0.2, 0.25) is 0 Å². The second-order valence-corrected chi connectivity index (χ2v) is 9.62. The zero-order chi connectivity index (χ0) is 21.9. The molecule has 0 aliphatic heterocycles. The fourth-order valence-corrected chi connectivity index (χ4v) is 5.17. The largest absolute Gasteiger partial charge is 0.495 e. The van der Waals surface area contributed by atoms with E-state index in [4.69, 9.17) is 4.74 Å². The zero-order valence-electron chi connectivity index (χ0n) is 17.9. The van der Waals surface area contributed by atoms with Crippen LogP contribution < -0.4 is 14.8 Å². The first-order valence-electron chi connectivity index (χ1n) is 10.3. The summed E-state index contributed by atoms with van der Waals surface area (Å²) in [5, 5.41) is 10.1. The number of nitrogens with one attached hydrogen (secondary N) is 3. The van der Waals surface area contributed by atoms with Crippen LogP contribution in [-0.2, 0) is 10.0 Å². The molecule has 1 aliphatic carbocycles. The SMILES string of the molecule is CCNS(=O)(=O)c1cc(-c2cc(C(=O)N[C@@H]3CCC[C@H](C)[C@@H]3C)[nH]n2)ccc1OC. The minimum Gasteiger partial charge on any atom is -0.495 e. The second-order valence-electron chi connectivity index (χ2n) is 7.88. The molecule has 3 atom stereocenters. The Morgan fingerprint density at radius 2 is 2.03 bits per heavy atom. The summed E-state index contributed by atoms with van der Waals surface area (Å²) in [7, 11) is -2.30. The third-order valence-corrected chi connectivity index (χ3v) is 7.50. The summed E-state index contributed by atoms with van der Waals surface area (Å²) in [4.78, 5) is 12.7. The molecule has 164 valence electrons. The van der Waals surface area contributed by atoms with Gasteiger partial charge in [-0.2, -0.15) is 5.10 Å². The van der Waals surface area contributed by atoms with Crippen molar-refractivity contribution in [3.63, 3.8) is 0 Å². The van der Waals surface area contributed by atoms with Crippen molar-refractivity contribution in [2.24, 2.45) is 11.8 Å². The fourth-order valence-electron chi connectivity index (χ4n) is 3.93. The lowest BCUT2D eigenvalue weighted by atomic mass is 9.78. The number of sulfonamides is 1. The minimum atomic E-state index is -3.72. The highest BCUT2D eigenvalue weighted by atomic mass is 32.2. The number of ether oxygens (including phenoxy) is 1. The third-order valence-electron chi connectivity index (χ3n) is 5.93. The standard InChI is InChI=1S/C21H30N4O4S/c1-5-22-30(27,28)20-11-15(9-10-19(20)29-4)17-12-18(25-24-17)21(26)23-16-8-6-7-13(2)14(16)3/h9-14,16,22H,5-8H2,1-4H3,(H,23,26)(H,24,25)/t13-,14-,16+/m0/s1. The van der Waals surface area contributed by atoms with Crippen molar-refractivity contribution in [2.75, 3.05) is 13.7 Å². The highest BCUT2D eigenvalue weighted by Gasteiger charge is 2.29. The maximum atomic E-state index is 12.7. The number of methoxy groups -OCH3 is 1. The molecular weight excluding hydrogens is 404 g/mol. The minimum absolute atomic E-state index is 0.0309. The first kappa shape index (κ1) is 22.3. The lowest BCUT2D eigenvalue weighted by Gasteiger charge is -2.34. The van der Waals surface area contributed by atoms with Gasteiger partial charge in [0.1, 0.15) is 16.3 Å². The topological polar surface area (TPSA) is 113 Å². The molecule has 9 heteroatoms. The molecular formula is C21H30N4O4S. The van der Waals surface area contributed by atoms with Crippen LogP contribution in [0.3, 0.4) is 0 Å². The number of nitrogens with zero attached hydrogens (tertiary/aromatic N) is 1. The molecule has 0 spiro atoms. The van der Waals surface area contributed by atoms with E-state index in [1.807, 2.05) is 0 Å². The van der Waals surface area contributed by atoms with Gasteiger partial charge in [0.15, 0.2) is 0 Å². The van der Waals surface area contributed by atoms with Crippen molar-refractivity contribution in [1.82, 2.24) is 20.2 Å². The lowest BCUT2D eigenvalue weighted by molar-refractivity contribution is 0.0886. The molecule has 30 heavy (non-hydrogen) atoms. The summed E-state index contributed by atoms with van der Waals surface area (Å²) in [6.07, 6.45) is 3.28. The Kier molecular flexibility index (Phi) is 6.82. The summed E-state index contributed by atoms with van der Waals surface area (Å²) in [6.45, 7) is 6.37. The monoisotopic (exact) mass is 434 g/mol. The van der Waals surface area contributed by atoms with Crippen molar-refractivity contribution in [2.45, 2.75) is 51.0 Å². The molecule has 1 saturated carbocycles. The van der Waals surface area contributed by atoms with Crippen LogP contribution in [0.15, 0.2) is 29.2 Å². The molecule has 2 aromatic rings. The third kappa shape index (κ3) is 4.67. The zero-order valence-corrected chi connectivity index (χ0v) is 18.7. The molecule has 0 bridgehead atoms. The molecule has 1 aromatic carbocycles. The molecule has 1 amide bonds. The number of hydrogen-bond donors (Lipinski definition) is 3. The van der Waals surface area contributed by atoms with E-state index in [2.05, 4.69) is 34.1 Å². The number of rotatable bonds is 7. The maximum absolute atomic E-state index is 12.7. The van der Waals surface area contributed by atoms with Crippen molar-refractivity contribution in [1.29, 1.82) is 0 Å². The predicted octanol–water partition coefficient (Wildman–Crippen LogP) is 2.94. The summed E-state index contributed by atoms with van der Waals surface area (Å²) in [5.41, 5.74) is 1.41. The Morgan fingerprint density at radius 1 is 1.27 bits per heavy atom. The normalized spacial score (nSPS) is 21.9. The van der Waals surface area contributed by atoms with Crippen molar-refractivity contribution in [3.8, 4) is 17.0 Å². The molecule has 0 unspecified atom stereocenters. The van der Waals surface area contributed by atoms with Crippen LogP contribution in [0.1, 0.15) is 50.5 Å². The van der Waals surface area contributed by atoms with Crippen LogP contribution >= 0.6 is 0 Å². The van der Waals surface area contributed by atoms with Gasteiger partial charge in [-0.05, 0) is 42.5 Å². The summed E-state index contributed by atoms with van der Waals surface area (Å²) in [5.74, 6) is 1.05. The van der Waals surface area contributed by atoms with E-state index >= 15 is 0 Å². The van der Waals surface area contributed by atoms with Gasteiger partial charge in [-0.1, -0.05) is 33.6 Å². The quantitative estimate of drug-likeness (QED) is 0.620. The van der Waals surface area contributed by atoms with Gasteiger partial charge >= 0.3 is 0 Å². The molecule has 1 aromatic heterocycles. The van der Waals surface area contributed by atoms with Gasteiger partial charge in [0, 0.05) is 18.2 Å². The first-order valence-corrected chi connectivity index (χ1v) is 11.8. The Hall–Kier alpha value is -2.39. The number of H-pyrrole nitrogens is 1. The number of amides is 1. The van der Waals surface area contributed by atoms with Crippen LogP contribution in [0.5, 0.6) is 5.75 Å². The van der Waals surface area contributed by atoms with Crippen molar-refractivity contribution >= 4 is 15.9 Å². The number of hydrogen-bond acceptors (Lipinski definition) is 5. The van der Waals surface area contributed by atoms with Crippen LogP contribution in [0, 0.1) is 11.8 Å². The van der Waals surface area contributed by atoms with Gasteiger partial charge in [0.05, 0.1) is 12.8 Å². The Balaban J connectivity index is 1.83. The van der Waals surface area contributed by atoms with Crippen LogP contribution in [0.4, 0.5) is 0 Å². The summed E-state index contributed by atoms with van der Waals surface area (Å²) >= 11 is 0. The van der Waals surface area contributed by atoms with E-state index < -0.39 is 10.0 Å². The van der Waals surface area contributed by atoms with Crippen LogP contribution in [0.25, 0.3) is 11.3 Å². The van der Waals surface area contributed by atoms with Gasteiger partial charge in [-0.3, -0.25) is 9.89 Å². The van der Waals surface area contributed by atoms with Gasteiger partial charge < -0.3 is 10.1 Å². The highest BCUT2D eigenvalue weighted by Crippen LogP contribution is 2.31. The number of carbonyl (C=O) groups excluding carboxylic acids is 1. The smallest absolute Gasteiger partial charge is 0.269 e. The van der Waals surface area contributed by atoms with Crippen molar-refractivity contribution < 1.29 is 17.9 Å². The van der Waals surface area contributed by atoms with Gasteiger partial charge in [-0.15, -0.1) is 0 Å². The van der Waals surface area contributed by atoms with Crippen LogP contribution in [-0.4, -0.2) is 44.2 Å². The predicted molar refractivity (Wildman–Crippen MR) is 115 cm³/mol. The van der Waals surface area contributed by atoms with E-state index in [9.17, 15) is 13.2 Å². The number of aromatic amines is 1. The van der Waals surface area contributed by atoms with E-state index in [-0.39, 0.29) is 29.1 Å². The molecule has 3 N–H and O–H groups in total. The number of carbonyl (C=O) groups is 1. The maximum Gasteiger partial charge on any atom is 0.269 e. The van der Waals surface area contributed by atoms with Gasteiger partial charge in [0.2, 0.25) is 10.0 Å². The highest BCUT2D eigenvalue weighted by molar-refractivity contribution is 7.89. The van der Waals surface area contributed by atoms with Gasteiger partial charge in [0.25, 0.3) is 5.91 Å². The first-order chi connectivity index (χ1) is 14.3. The van der Waals surface area contributed by atoms with E-state index in [0.717, 1.165) is 12.8 Å². The fraction of sp³-hybridized carbons (Fsp3) is 0.524. The van der Waals surface area contributed by atoms with E-state index in [1.165, 1.54) is 19.6 Å². The molecule has 1 aliphatic rings. The Bertz CT molecular complexity index is 1000. The van der Waals surface area contributed by atoms with E-state index in [1.54, 1.807) is 25.1 Å². The number of benzene rings is 1. The van der Waals surface area contributed by atoms with E-state index in [0.29, 0.717) is 28.8 Å². The number of aromatic nitrogens is 2.